The molecule has 2 amide bonds. The molecule has 0 aromatic heterocycles. The standard InChI is InChI=1S/C16H20N2O3/c1-10(2)18-16(21)14(19)13-9-17-15(20)12(13)8-11-6-4-3-5-7-11/h3-7,10,12-13H,8-9H2,1-2H3,(H,17,20)(H,18,21)/t12?,13-/m0/s1. The molecule has 0 radical (unpaired) electrons. The van der Waals surface area contributed by atoms with Crippen molar-refractivity contribution in [2.45, 2.75) is 26.3 Å². The van der Waals surface area contributed by atoms with Crippen molar-refractivity contribution in [3.63, 3.8) is 0 Å². The monoisotopic (exact) mass is 288 g/mol. The minimum Gasteiger partial charge on any atom is -0.355 e. The van der Waals surface area contributed by atoms with Crippen LogP contribution in [0.1, 0.15) is 19.4 Å². The maximum absolute atomic E-state index is 12.2. The van der Waals surface area contributed by atoms with Crippen LogP contribution in [0.5, 0.6) is 0 Å². The van der Waals surface area contributed by atoms with Crippen molar-refractivity contribution in [2.75, 3.05) is 6.54 Å². The average molecular weight is 288 g/mol. The second kappa shape index (κ2) is 6.52. The summed E-state index contributed by atoms with van der Waals surface area (Å²) in [5, 5.41) is 5.28. The highest BCUT2D eigenvalue weighted by Gasteiger charge is 2.41. The first-order valence-corrected chi connectivity index (χ1v) is 7.15. The lowest BCUT2D eigenvalue weighted by Gasteiger charge is -2.16. The predicted molar refractivity (Wildman–Crippen MR) is 78.4 cm³/mol. The van der Waals surface area contributed by atoms with Crippen LogP contribution in [0.4, 0.5) is 0 Å². The highest BCUT2D eigenvalue weighted by molar-refractivity contribution is 6.37. The zero-order valence-corrected chi connectivity index (χ0v) is 12.3. The molecule has 1 fully saturated rings. The van der Waals surface area contributed by atoms with Gasteiger partial charge in [-0.2, -0.15) is 0 Å². The Hall–Kier alpha value is -2.17. The maximum Gasteiger partial charge on any atom is 0.287 e. The minimum atomic E-state index is -0.607. The first-order valence-electron chi connectivity index (χ1n) is 7.15. The van der Waals surface area contributed by atoms with Crippen LogP contribution in [-0.4, -0.2) is 30.2 Å². The molecule has 1 aromatic rings. The van der Waals surface area contributed by atoms with Gasteiger partial charge in [-0.3, -0.25) is 14.4 Å². The lowest BCUT2D eigenvalue weighted by Crippen LogP contribution is -2.41. The van der Waals surface area contributed by atoms with Crippen LogP contribution >= 0.6 is 0 Å². The average Bonchev–Trinajstić information content (AvgIpc) is 2.80. The van der Waals surface area contributed by atoms with Crippen LogP contribution in [0.25, 0.3) is 0 Å². The quantitative estimate of drug-likeness (QED) is 0.783. The third-order valence-corrected chi connectivity index (χ3v) is 3.60. The molecule has 2 atom stereocenters. The van der Waals surface area contributed by atoms with E-state index in [1.807, 2.05) is 30.3 Å². The van der Waals surface area contributed by atoms with Gasteiger partial charge in [-0.25, -0.2) is 0 Å². The second-order valence-electron chi connectivity index (χ2n) is 5.64. The van der Waals surface area contributed by atoms with Gasteiger partial charge in [0, 0.05) is 12.6 Å². The van der Waals surface area contributed by atoms with Crippen molar-refractivity contribution in [1.82, 2.24) is 10.6 Å². The molecule has 2 rings (SSSR count). The number of amides is 2. The zero-order chi connectivity index (χ0) is 15.4. The summed E-state index contributed by atoms with van der Waals surface area (Å²) in [5.74, 6) is -2.34. The fourth-order valence-electron chi connectivity index (χ4n) is 2.55. The van der Waals surface area contributed by atoms with Crippen LogP contribution < -0.4 is 10.6 Å². The van der Waals surface area contributed by atoms with Gasteiger partial charge in [-0.15, -0.1) is 0 Å². The van der Waals surface area contributed by atoms with Gasteiger partial charge in [0.15, 0.2) is 0 Å². The Morgan fingerprint density at radius 1 is 1.29 bits per heavy atom. The van der Waals surface area contributed by atoms with Crippen molar-refractivity contribution in [1.29, 1.82) is 0 Å². The largest absolute Gasteiger partial charge is 0.355 e. The smallest absolute Gasteiger partial charge is 0.287 e. The highest BCUT2D eigenvalue weighted by atomic mass is 16.2. The Bertz CT molecular complexity index is 540. The molecule has 1 aliphatic rings. The summed E-state index contributed by atoms with van der Waals surface area (Å²) in [6.45, 7) is 3.83. The van der Waals surface area contributed by atoms with Gasteiger partial charge < -0.3 is 10.6 Å². The molecule has 0 aliphatic carbocycles. The number of hydrogen-bond donors (Lipinski definition) is 2. The van der Waals surface area contributed by atoms with Gasteiger partial charge in [-0.1, -0.05) is 30.3 Å². The maximum atomic E-state index is 12.2. The van der Waals surface area contributed by atoms with Gasteiger partial charge in [-0.05, 0) is 25.8 Å². The van der Waals surface area contributed by atoms with E-state index in [-0.39, 0.29) is 18.5 Å². The molecular formula is C16H20N2O3. The van der Waals surface area contributed by atoms with E-state index in [0.29, 0.717) is 6.42 Å². The molecule has 1 heterocycles. The normalized spacial score (nSPS) is 21.2. The summed E-state index contributed by atoms with van der Waals surface area (Å²) in [6, 6.07) is 9.42. The summed E-state index contributed by atoms with van der Waals surface area (Å²) in [7, 11) is 0. The van der Waals surface area contributed by atoms with Crippen molar-refractivity contribution < 1.29 is 14.4 Å². The van der Waals surface area contributed by atoms with Crippen molar-refractivity contribution in [3.05, 3.63) is 35.9 Å². The summed E-state index contributed by atoms with van der Waals surface area (Å²) >= 11 is 0. The number of rotatable bonds is 5. The van der Waals surface area contributed by atoms with Crippen LogP contribution in [0.15, 0.2) is 30.3 Å². The molecule has 0 bridgehead atoms. The predicted octanol–water partition coefficient (Wildman–Crippen LogP) is 0.685. The minimum absolute atomic E-state index is 0.0981. The van der Waals surface area contributed by atoms with E-state index in [1.54, 1.807) is 13.8 Å². The Labute approximate surface area is 124 Å². The summed E-state index contributed by atoms with van der Waals surface area (Å²) in [6.07, 6.45) is 0.470. The fraction of sp³-hybridized carbons (Fsp3) is 0.438. The van der Waals surface area contributed by atoms with Gasteiger partial charge in [0.2, 0.25) is 11.7 Å². The Morgan fingerprint density at radius 2 is 1.95 bits per heavy atom. The number of hydrogen-bond acceptors (Lipinski definition) is 3. The molecule has 5 heteroatoms. The summed E-state index contributed by atoms with van der Waals surface area (Å²) in [5.41, 5.74) is 0.988. The van der Waals surface area contributed by atoms with Crippen LogP contribution in [0, 0.1) is 11.8 Å². The van der Waals surface area contributed by atoms with E-state index >= 15 is 0 Å². The third-order valence-electron chi connectivity index (χ3n) is 3.60. The van der Waals surface area contributed by atoms with Gasteiger partial charge in [0.1, 0.15) is 0 Å². The summed E-state index contributed by atoms with van der Waals surface area (Å²) in [4.78, 5) is 36.0. The third kappa shape index (κ3) is 3.68. The van der Waals surface area contributed by atoms with E-state index in [1.165, 1.54) is 0 Å². The van der Waals surface area contributed by atoms with E-state index in [9.17, 15) is 14.4 Å². The Kier molecular flexibility index (Phi) is 4.73. The van der Waals surface area contributed by atoms with Crippen molar-refractivity contribution in [3.8, 4) is 0 Å². The molecule has 5 nitrogen and oxygen atoms in total. The SMILES string of the molecule is CC(C)NC(=O)C(=O)[C@H]1CNC(=O)C1Cc1ccccc1. The number of benzene rings is 1. The van der Waals surface area contributed by atoms with E-state index in [4.69, 9.17) is 0 Å². The molecule has 0 spiro atoms. The molecule has 1 aliphatic heterocycles. The Morgan fingerprint density at radius 3 is 2.57 bits per heavy atom. The molecule has 0 saturated carbocycles. The molecule has 112 valence electrons. The Balaban J connectivity index is 2.09. The summed E-state index contributed by atoms with van der Waals surface area (Å²) < 4.78 is 0. The number of carbonyl (C=O) groups is 3. The topological polar surface area (TPSA) is 75.3 Å². The van der Waals surface area contributed by atoms with E-state index < -0.39 is 23.5 Å². The molecular weight excluding hydrogens is 268 g/mol. The number of Topliss-reactive ketones (excluding diaryl/α,β-unsaturated/α-hetero) is 1. The van der Waals surface area contributed by atoms with Crippen LogP contribution in [0.3, 0.4) is 0 Å². The molecule has 1 aromatic carbocycles. The first-order chi connectivity index (χ1) is 9.99. The molecule has 2 N–H and O–H groups in total. The second-order valence-corrected chi connectivity index (χ2v) is 5.64. The zero-order valence-electron chi connectivity index (χ0n) is 12.3. The van der Waals surface area contributed by atoms with Crippen LogP contribution in [0.2, 0.25) is 0 Å². The van der Waals surface area contributed by atoms with Crippen molar-refractivity contribution >= 4 is 17.6 Å². The van der Waals surface area contributed by atoms with E-state index in [0.717, 1.165) is 5.56 Å². The molecule has 1 saturated heterocycles. The number of ketones is 1. The molecule has 21 heavy (non-hydrogen) atoms. The van der Waals surface area contributed by atoms with E-state index in [2.05, 4.69) is 10.6 Å². The first kappa shape index (κ1) is 15.2. The van der Waals surface area contributed by atoms with Crippen molar-refractivity contribution in [2.24, 2.45) is 11.8 Å². The lowest BCUT2D eigenvalue weighted by molar-refractivity contribution is -0.141. The van der Waals surface area contributed by atoms with Crippen LogP contribution in [-0.2, 0) is 20.8 Å². The number of nitrogens with one attached hydrogen (secondary N) is 2. The van der Waals surface area contributed by atoms with Gasteiger partial charge in [0.25, 0.3) is 5.91 Å². The number of carbonyl (C=O) groups excluding carboxylic acids is 3. The van der Waals surface area contributed by atoms with Gasteiger partial charge >= 0.3 is 0 Å². The highest BCUT2D eigenvalue weighted by Crippen LogP contribution is 2.23. The van der Waals surface area contributed by atoms with Gasteiger partial charge in [0.05, 0.1) is 11.8 Å². The lowest BCUT2D eigenvalue weighted by atomic mass is 9.86. The molecule has 1 unspecified atom stereocenters. The fourth-order valence-corrected chi connectivity index (χ4v) is 2.55.